The van der Waals surface area contributed by atoms with Crippen LogP contribution in [0.1, 0.15) is 19.9 Å². The summed E-state index contributed by atoms with van der Waals surface area (Å²) in [5.74, 6) is 0. The van der Waals surface area contributed by atoms with Crippen molar-refractivity contribution in [3.05, 3.63) is 22.9 Å². The molecule has 0 aliphatic rings. The molecule has 2 atom stereocenters. The Hall–Kier alpha value is -1.03. The number of rotatable bonds is 2. The highest BCUT2D eigenvalue weighted by Crippen LogP contribution is 2.03. The molecule has 1 heterocycles. The summed E-state index contributed by atoms with van der Waals surface area (Å²) in [6, 6.07) is 0.0391. The number of hydrogen-bond donors (Lipinski definition) is 2. The van der Waals surface area contributed by atoms with Crippen molar-refractivity contribution in [2.45, 2.75) is 25.9 Å². The highest BCUT2D eigenvalue weighted by atomic mass is 16.1. The van der Waals surface area contributed by atoms with Crippen LogP contribution >= 0.6 is 0 Å². The van der Waals surface area contributed by atoms with Crippen LogP contribution in [0.3, 0.4) is 0 Å². The lowest BCUT2D eigenvalue weighted by Gasteiger charge is -2.15. The Bertz CT molecular complexity index is 273. The third kappa shape index (κ3) is 1.51. The van der Waals surface area contributed by atoms with E-state index in [4.69, 9.17) is 5.73 Å². The van der Waals surface area contributed by atoms with Gasteiger partial charge >= 0.3 is 5.69 Å². The summed E-state index contributed by atoms with van der Waals surface area (Å²) < 4.78 is 1.59. The number of imidazole rings is 1. The quantitative estimate of drug-likeness (QED) is 0.635. The maximum Gasteiger partial charge on any atom is 0.325 e. The highest BCUT2D eigenvalue weighted by Gasteiger charge is 2.10. The Morgan fingerprint density at radius 3 is 2.64 bits per heavy atom. The topological polar surface area (TPSA) is 63.8 Å². The first-order valence-corrected chi connectivity index (χ1v) is 3.64. The van der Waals surface area contributed by atoms with Crippen LogP contribution in [0.2, 0.25) is 0 Å². The minimum absolute atomic E-state index is 0.0106. The Kier molecular flexibility index (Phi) is 2.14. The Morgan fingerprint density at radius 2 is 2.27 bits per heavy atom. The molecule has 1 rings (SSSR count). The number of nitrogens with one attached hydrogen (secondary N) is 1. The molecule has 0 saturated heterocycles. The number of H-pyrrole nitrogens is 1. The summed E-state index contributed by atoms with van der Waals surface area (Å²) in [6.07, 6.45) is 3.32. The van der Waals surface area contributed by atoms with E-state index < -0.39 is 0 Å². The first kappa shape index (κ1) is 8.07. The van der Waals surface area contributed by atoms with Gasteiger partial charge in [0.2, 0.25) is 0 Å². The van der Waals surface area contributed by atoms with E-state index in [1.165, 1.54) is 0 Å². The fourth-order valence-electron chi connectivity index (χ4n) is 0.905. The summed E-state index contributed by atoms with van der Waals surface area (Å²) >= 11 is 0. The molecule has 0 amide bonds. The van der Waals surface area contributed by atoms with E-state index in [1.54, 1.807) is 17.0 Å². The van der Waals surface area contributed by atoms with Gasteiger partial charge < -0.3 is 10.7 Å². The molecule has 2 unspecified atom stereocenters. The second-order valence-electron chi connectivity index (χ2n) is 2.77. The van der Waals surface area contributed by atoms with Crippen molar-refractivity contribution in [3.63, 3.8) is 0 Å². The van der Waals surface area contributed by atoms with E-state index in [0.29, 0.717) is 0 Å². The van der Waals surface area contributed by atoms with E-state index in [0.717, 1.165) is 0 Å². The normalized spacial score (nSPS) is 16.3. The summed E-state index contributed by atoms with van der Waals surface area (Å²) in [7, 11) is 0. The zero-order chi connectivity index (χ0) is 8.43. The molecule has 0 radical (unpaired) electrons. The van der Waals surface area contributed by atoms with Crippen molar-refractivity contribution in [1.82, 2.24) is 9.55 Å². The molecule has 62 valence electrons. The molecular formula is C7H13N3O. The van der Waals surface area contributed by atoms with Crippen LogP contribution in [-0.4, -0.2) is 15.6 Å². The van der Waals surface area contributed by atoms with Gasteiger partial charge in [-0.05, 0) is 13.8 Å². The third-order valence-electron chi connectivity index (χ3n) is 1.88. The summed E-state index contributed by atoms with van der Waals surface area (Å²) in [6.45, 7) is 3.80. The van der Waals surface area contributed by atoms with E-state index in [1.807, 2.05) is 13.8 Å². The van der Waals surface area contributed by atoms with Crippen LogP contribution in [0, 0.1) is 0 Å². The van der Waals surface area contributed by atoms with Gasteiger partial charge in [-0.3, -0.25) is 4.57 Å². The molecule has 0 aliphatic carbocycles. The molecule has 0 fully saturated rings. The molecule has 4 nitrogen and oxygen atoms in total. The Morgan fingerprint density at radius 1 is 1.64 bits per heavy atom. The van der Waals surface area contributed by atoms with E-state index in [-0.39, 0.29) is 17.8 Å². The van der Waals surface area contributed by atoms with Gasteiger partial charge in [0.05, 0.1) is 6.04 Å². The van der Waals surface area contributed by atoms with Crippen LogP contribution in [0.4, 0.5) is 0 Å². The maximum absolute atomic E-state index is 11.0. The largest absolute Gasteiger partial charge is 0.326 e. The lowest BCUT2D eigenvalue weighted by molar-refractivity contribution is 0.454. The molecule has 0 aliphatic heterocycles. The van der Waals surface area contributed by atoms with E-state index in [9.17, 15) is 4.79 Å². The van der Waals surface area contributed by atoms with Crippen LogP contribution in [0.15, 0.2) is 17.2 Å². The summed E-state index contributed by atoms with van der Waals surface area (Å²) in [5, 5.41) is 0. The third-order valence-corrected chi connectivity index (χ3v) is 1.88. The van der Waals surface area contributed by atoms with Gasteiger partial charge in [-0.2, -0.15) is 0 Å². The summed E-state index contributed by atoms with van der Waals surface area (Å²) in [5.41, 5.74) is 5.52. The van der Waals surface area contributed by atoms with Crippen LogP contribution in [0.25, 0.3) is 0 Å². The molecule has 3 N–H and O–H groups in total. The van der Waals surface area contributed by atoms with Gasteiger partial charge in [-0.15, -0.1) is 0 Å². The zero-order valence-corrected chi connectivity index (χ0v) is 6.74. The lowest BCUT2D eigenvalue weighted by atomic mass is 10.2. The fraction of sp³-hybridized carbons (Fsp3) is 0.571. The molecular weight excluding hydrogens is 142 g/mol. The molecule has 0 spiro atoms. The molecule has 1 aromatic rings. The smallest absolute Gasteiger partial charge is 0.325 e. The monoisotopic (exact) mass is 155 g/mol. The molecule has 0 bridgehead atoms. The van der Waals surface area contributed by atoms with E-state index >= 15 is 0 Å². The van der Waals surface area contributed by atoms with Crippen molar-refractivity contribution in [2.24, 2.45) is 5.73 Å². The van der Waals surface area contributed by atoms with E-state index in [2.05, 4.69) is 4.98 Å². The maximum atomic E-state index is 11.0. The predicted octanol–water partition coefficient (Wildman–Crippen LogP) is 0.0846. The molecule has 0 saturated carbocycles. The first-order valence-electron chi connectivity index (χ1n) is 3.64. The number of aromatic nitrogens is 2. The molecule has 1 aromatic heterocycles. The van der Waals surface area contributed by atoms with Gasteiger partial charge in [-0.1, -0.05) is 0 Å². The van der Waals surface area contributed by atoms with Crippen molar-refractivity contribution < 1.29 is 0 Å². The average molecular weight is 155 g/mol. The number of nitrogens with two attached hydrogens (primary N) is 1. The second kappa shape index (κ2) is 2.92. The van der Waals surface area contributed by atoms with Crippen LogP contribution in [0.5, 0.6) is 0 Å². The van der Waals surface area contributed by atoms with Gasteiger partial charge in [0, 0.05) is 18.4 Å². The Labute approximate surface area is 65.0 Å². The molecule has 0 aromatic carbocycles. The van der Waals surface area contributed by atoms with Gasteiger partial charge in [-0.25, -0.2) is 4.79 Å². The minimum atomic E-state index is -0.102. The standard InChI is InChI=1S/C7H13N3O/c1-5(8)6(2)10-4-3-9-7(10)11/h3-6H,8H2,1-2H3,(H,9,11). The number of nitrogens with zero attached hydrogens (tertiary/aromatic N) is 1. The minimum Gasteiger partial charge on any atom is -0.326 e. The molecule has 11 heavy (non-hydrogen) atoms. The van der Waals surface area contributed by atoms with Crippen LogP contribution in [-0.2, 0) is 0 Å². The summed E-state index contributed by atoms with van der Waals surface area (Å²) in [4.78, 5) is 13.6. The number of hydrogen-bond acceptors (Lipinski definition) is 2. The van der Waals surface area contributed by atoms with Gasteiger partial charge in [0.15, 0.2) is 0 Å². The van der Waals surface area contributed by atoms with Gasteiger partial charge in [0.25, 0.3) is 0 Å². The highest BCUT2D eigenvalue weighted by molar-refractivity contribution is 4.82. The van der Waals surface area contributed by atoms with Crippen molar-refractivity contribution in [3.8, 4) is 0 Å². The zero-order valence-electron chi connectivity index (χ0n) is 6.74. The Balaban J connectivity index is 2.93. The molecule has 4 heteroatoms. The fourth-order valence-corrected chi connectivity index (χ4v) is 0.905. The van der Waals surface area contributed by atoms with Crippen molar-refractivity contribution in [1.29, 1.82) is 0 Å². The van der Waals surface area contributed by atoms with Gasteiger partial charge in [0.1, 0.15) is 0 Å². The van der Waals surface area contributed by atoms with Crippen LogP contribution < -0.4 is 11.4 Å². The average Bonchev–Trinajstić information content (AvgIpc) is 2.33. The van der Waals surface area contributed by atoms with Crippen molar-refractivity contribution in [2.75, 3.05) is 0 Å². The van der Waals surface area contributed by atoms with Crippen molar-refractivity contribution >= 4 is 0 Å². The SMILES string of the molecule is CC(N)C(C)n1cc[nH]c1=O. The first-order chi connectivity index (χ1) is 5.13. The second-order valence-corrected chi connectivity index (χ2v) is 2.77. The number of aromatic amines is 1. The lowest BCUT2D eigenvalue weighted by Crippen LogP contribution is -2.32. The predicted molar refractivity (Wildman–Crippen MR) is 43.4 cm³/mol.